The molecule has 0 aliphatic rings. The molecule has 0 amide bonds. The fourth-order valence-corrected chi connectivity index (χ4v) is 2.15. The van der Waals surface area contributed by atoms with Gasteiger partial charge < -0.3 is 9.52 Å². The first-order valence-corrected chi connectivity index (χ1v) is 5.96. The summed E-state index contributed by atoms with van der Waals surface area (Å²) in [7, 11) is 0. The quantitative estimate of drug-likeness (QED) is 0.856. The molecule has 4 nitrogen and oxygen atoms in total. The van der Waals surface area contributed by atoms with Crippen LogP contribution in [-0.4, -0.2) is 10.1 Å². The molecule has 1 aromatic heterocycles. The zero-order chi connectivity index (χ0) is 12.4. The Hall–Kier alpha value is -1.55. The third-order valence-corrected chi connectivity index (χ3v) is 3.28. The Labute approximate surface area is 99.3 Å². The lowest BCUT2D eigenvalue weighted by Crippen LogP contribution is -2.10. The summed E-state index contributed by atoms with van der Waals surface area (Å²) < 4.78 is 4.98. The highest BCUT2D eigenvalue weighted by atomic mass is 16.4. The van der Waals surface area contributed by atoms with Crippen LogP contribution in [-0.2, 0) is 0 Å². The van der Waals surface area contributed by atoms with Gasteiger partial charge in [-0.25, -0.2) is 4.79 Å². The van der Waals surface area contributed by atoms with Crippen molar-refractivity contribution >= 4 is 11.1 Å². The van der Waals surface area contributed by atoms with Crippen LogP contribution in [0.4, 0.5) is 0 Å². The van der Waals surface area contributed by atoms with Crippen molar-refractivity contribution in [1.29, 1.82) is 0 Å². The second-order valence-electron chi connectivity index (χ2n) is 4.29. The molecule has 2 N–H and O–H groups in total. The van der Waals surface area contributed by atoms with Crippen molar-refractivity contribution in [3.8, 4) is 0 Å². The standard InChI is InChI=1S/C13H17NO3/c1-3-8(4-2)12(15)9-5-6-10-11(7-9)17-13(16)14-10/h5-8,12,15H,3-4H2,1-2H3,(H,14,16). The van der Waals surface area contributed by atoms with Gasteiger partial charge in [0, 0.05) is 0 Å². The molecule has 0 radical (unpaired) electrons. The van der Waals surface area contributed by atoms with Crippen molar-refractivity contribution in [2.45, 2.75) is 32.8 Å². The van der Waals surface area contributed by atoms with Crippen LogP contribution < -0.4 is 5.76 Å². The maximum absolute atomic E-state index is 11.0. The molecule has 2 aromatic rings. The van der Waals surface area contributed by atoms with E-state index in [1.54, 1.807) is 12.1 Å². The third-order valence-electron chi connectivity index (χ3n) is 3.28. The van der Waals surface area contributed by atoms with E-state index >= 15 is 0 Å². The van der Waals surface area contributed by atoms with Gasteiger partial charge in [0.15, 0.2) is 5.58 Å². The van der Waals surface area contributed by atoms with Gasteiger partial charge in [-0.1, -0.05) is 32.8 Å². The summed E-state index contributed by atoms with van der Waals surface area (Å²) in [5, 5.41) is 10.2. The lowest BCUT2D eigenvalue weighted by atomic mass is 9.91. The zero-order valence-electron chi connectivity index (χ0n) is 10.1. The lowest BCUT2D eigenvalue weighted by molar-refractivity contribution is 0.103. The van der Waals surface area contributed by atoms with Crippen molar-refractivity contribution in [2.75, 3.05) is 0 Å². The summed E-state index contributed by atoms with van der Waals surface area (Å²) in [5.74, 6) is -0.229. The Kier molecular flexibility index (Phi) is 3.33. The number of aromatic amines is 1. The maximum Gasteiger partial charge on any atom is 0.417 e. The highest BCUT2D eigenvalue weighted by Gasteiger charge is 2.18. The Bertz CT molecular complexity index is 551. The Morgan fingerprint density at radius 2 is 2.06 bits per heavy atom. The van der Waals surface area contributed by atoms with Gasteiger partial charge in [-0.2, -0.15) is 0 Å². The normalized spacial score (nSPS) is 13.4. The van der Waals surface area contributed by atoms with Gasteiger partial charge in [-0.15, -0.1) is 0 Å². The van der Waals surface area contributed by atoms with Crippen LogP contribution in [0.5, 0.6) is 0 Å². The van der Waals surface area contributed by atoms with E-state index in [9.17, 15) is 9.90 Å². The molecule has 0 aliphatic heterocycles. The van der Waals surface area contributed by atoms with Gasteiger partial charge in [0.1, 0.15) is 0 Å². The van der Waals surface area contributed by atoms with E-state index < -0.39 is 11.9 Å². The monoisotopic (exact) mass is 235 g/mol. The fourth-order valence-electron chi connectivity index (χ4n) is 2.15. The summed E-state index contributed by atoms with van der Waals surface area (Å²) in [6, 6.07) is 5.33. The summed E-state index contributed by atoms with van der Waals surface area (Å²) in [6.45, 7) is 4.12. The van der Waals surface area contributed by atoms with E-state index in [1.807, 2.05) is 6.07 Å². The molecule has 1 heterocycles. The van der Waals surface area contributed by atoms with Crippen molar-refractivity contribution < 1.29 is 9.52 Å². The number of hydrogen-bond donors (Lipinski definition) is 2. The predicted molar refractivity (Wildman–Crippen MR) is 65.9 cm³/mol. The maximum atomic E-state index is 11.0. The number of benzene rings is 1. The summed E-state index contributed by atoms with van der Waals surface area (Å²) >= 11 is 0. The molecular weight excluding hydrogens is 218 g/mol. The van der Waals surface area contributed by atoms with E-state index in [0.717, 1.165) is 18.4 Å². The van der Waals surface area contributed by atoms with Crippen molar-refractivity contribution in [2.24, 2.45) is 5.92 Å². The van der Waals surface area contributed by atoms with Crippen LogP contribution in [0.25, 0.3) is 11.1 Å². The first-order valence-electron chi connectivity index (χ1n) is 5.96. The summed E-state index contributed by atoms with van der Waals surface area (Å²) in [6.07, 6.45) is 1.34. The van der Waals surface area contributed by atoms with Gasteiger partial charge >= 0.3 is 5.76 Å². The molecule has 0 aliphatic carbocycles. The molecule has 1 unspecified atom stereocenters. The molecule has 0 fully saturated rings. The first-order chi connectivity index (χ1) is 8.15. The Morgan fingerprint density at radius 1 is 1.35 bits per heavy atom. The van der Waals surface area contributed by atoms with E-state index in [0.29, 0.717) is 11.1 Å². The molecule has 17 heavy (non-hydrogen) atoms. The molecule has 4 heteroatoms. The molecule has 1 atom stereocenters. The lowest BCUT2D eigenvalue weighted by Gasteiger charge is -2.20. The number of rotatable bonds is 4. The largest absolute Gasteiger partial charge is 0.417 e. The Morgan fingerprint density at radius 3 is 2.71 bits per heavy atom. The van der Waals surface area contributed by atoms with Crippen LogP contribution in [0, 0.1) is 5.92 Å². The number of aliphatic hydroxyl groups excluding tert-OH is 1. The highest BCUT2D eigenvalue weighted by molar-refractivity contribution is 5.72. The van der Waals surface area contributed by atoms with E-state index in [4.69, 9.17) is 4.42 Å². The molecule has 0 saturated carbocycles. The van der Waals surface area contributed by atoms with Gasteiger partial charge in [-0.3, -0.25) is 4.98 Å². The van der Waals surface area contributed by atoms with Crippen LogP contribution >= 0.6 is 0 Å². The van der Waals surface area contributed by atoms with Crippen LogP contribution in [0.1, 0.15) is 38.4 Å². The number of hydrogen-bond acceptors (Lipinski definition) is 3. The minimum atomic E-state index is -0.505. The number of oxazole rings is 1. The number of aromatic nitrogens is 1. The van der Waals surface area contributed by atoms with Gasteiger partial charge in [0.25, 0.3) is 0 Å². The molecule has 0 bridgehead atoms. The van der Waals surface area contributed by atoms with Crippen LogP contribution in [0.2, 0.25) is 0 Å². The third kappa shape index (κ3) is 2.26. The van der Waals surface area contributed by atoms with Crippen LogP contribution in [0.15, 0.2) is 27.4 Å². The Balaban J connectivity index is 2.38. The number of nitrogens with one attached hydrogen (secondary N) is 1. The smallest absolute Gasteiger partial charge is 0.408 e. The number of H-pyrrole nitrogens is 1. The SMILES string of the molecule is CCC(CC)C(O)c1ccc2[nH]c(=O)oc2c1. The molecule has 92 valence electrons. The minimum Gasteiger partial charge on any atom is -0.408 e. The molecular formula is C13H17NO3. The highest BCUT2D eigenvalue weighted by Crippen LogP contribution is 2.28. The van der Waals surface area contributed by atoms with Crippen molar-refractivity contribution in [1.82, 2.24) is 4.98 Å². The average molecular weight is 235 g/mol. The van der Waals surface area contributed by atoms with Crippen LogP contribution in [0.3, 0.4) is 0 Å². The van der Waals surface area contributed by atoms with E-state index in [2.05, 4.69) is 18.8 Å². The second-order valence-corrected chi connectivity index (χ2v) is 4.29. The topological polar surface area (TPSA) is 66.2 Å². The predicted octanol–water partition coefficient (Wildman–Crippen LogP) is 2.59. The number of fused-ring (bicyclic) bond motifs is 1. The molecule has 0 saturated heterocycles. The average Bonchev–Trinajstić information content (AvgIpc) is 2.69. The molecule has 2 rings (SSSR count). The summed E-state index contributed by atoms with van der Waals surface area (Å²) in [5.41, 5.74) is 1.96. The van der Waals surface area contributed by atoms with Gasteiger partial charge in [-0.05, 0) is 23.6 Å². The second kappa shape index (κ2) is 4.75. The van der Waals surface area contributed by atoms with Gasteiger partial charge in [0.2, 0.25) is 0 Å². The van der Waals surface area contributed by atoms with Crippen molar-refractivity contribution in [3.05, 3.63) is 34.3 Å². The zero-order valence-corrected chi connectivity index (χ0v) is 10.1. The molecule has 1 aromatic carbocycles. The minimum absolute atomic E-state index is 0.234. The summed E-state index contributed by atoms with van der Waals surface area (Å²) in [4.78, 5) is 13.6. The van der Waals surface area contributed by atoms with Gasteiger partial charge in [0.05, 0.1) is 11.6 Å². The fraction of sp³-hybridized carbons (Fsp3) is 0.462. The van der Waals surface area contributed by atoms with E-state index in [1.165, 1.54) is 0 Å². The number of aliphatic hydroxyl groups is 1. The van der Waals surface area contributed by atoms with Crippen molar-refractivity contribution in [3.63, 3.8) is 0 Å². The first kappa shape index (κ1) is 11.9. The molecule has 0 spiro atoms. The van der Waals surface area contributed by atoms with E-state index in [-0.39, 0.29) is 5.92 Å².